The second-order valence-corrected chi connectivity index (χ2v) is 9.26. The molecule has 4 rings (SSSR count). The number of nitrogens with zero attached hydrogens (tertiary/aromatic N) is 3. The lowest BCUT2D eigenvalue weighted by molar-refractivity contribution is 0.0687. The molecule has 1 aliphatic heterocycles. The SMILES string of the molecule is Cc1ccc(C)c(S(=O)(=O)N2CCN(C(=O)c3cc(C4CC4)on3)CC2)c1. The number of rotatable bonds is 4. The zero-order valence-corrected chi connectivity index (χ0v) is 16.3. The van der Waals surface area contributed by atoms with E-state index in [0.717, 1.165) is 29.7 Å². The lowest BCUT2D eigenvalue weighted by Gasteiger charge is -2.33. The van der Waals surface area contributed by atoms with E-state index in [-0.39, 0.29) is 19.0 Å². The summed E-state index contributed by atoms with van der Waals surface area (Å²) < 4.78 is 32.7. The Hall–Kier alpha value is -2.19. The lowest BCUT2D eigenvalue weighted by Crippen LogP contribution is -2.50. The third kappa shape index (κ3) is 3.51. The summed E-state index contributed by atoms with van der Waals surface area (Å²) in [5.74, 6) is 0.975. The molecule has 0 bridgehead atoms. The van der Waals surface area contributed by atoms with Crippen LogP contribution in [0.2, 0.25) is 0 Å². The average Bonchev–Trinajstić information content (AvgIpc) is 3.40. The van der Waals surface area contributed by atoms with Gasteiger partial charge in [-0.15, -0.1) is 0 Å². The van der Waals surface area contributed by atoms with E-state index < -0.39 is 10.0 Å². The summed E-state index contributed by atoms with van der Waals surface area (Å²) in [5, 5.41) is 3.89. The topological polar surface area (TPSA) is 83.7 Å². The van der Waals surface area contributed by atoms with Gasteiger partial charge in [0.1, 0.15) is 5.76 Å². The van der Waals surface area contributed by atoms with Gasteiger partial charge in [0.05, 0.1) is 4.90 Å². The second-order valence-electron chi connectivity index (χ2n) is 7.35. The fourth-order valence-electron chi connectivity index (χ4n) is 3.37. The standard InChI is InChI=1S/C19H23N3O4S/c1-13-3-4-14(2)18(11-13)27(24,25)22-9-7-21(8-10-22)19(23)16-12-17(26-20-16)15-5-6-15/h3-4,11-12,15H,5-10H2,1-2H3. The van der Waals surface area contributed by atoms with Crippen molar-refractivity contribution >= 4 is 15.9 Å². The maximum Gasteiger partial charge on any atom is 0.276 e. The van der Waals surface area contributed by atoms with E-state index in [1.807, 2.05) is 19.1 Å². The Kier molecular flexibility index (Phi) is 4.55. The molecule has 1 aromatic carbocycles. The van der Waals surface area contributed by atoms with Crippen molar-refractivity contribution in [2.45, 2.75) is 37.5 Å². The van der Waals surface area contributed by atoms with Crippen LogP contribution in [0.3, 0.4) is 0 Å². The average molecular weight is 389 g/mol. The van der Waals surface area contributed by atoms with Gasteiger partial charge >= 0.3 is 0 Å². The first-order chi connectivity index (χ1) is 12.9. The van der Waals surface area contributed by atoms with Gasteiger partial charge in [-0.05, 0) is 43.9 Å². The Morgan fingerprint density at radius 2 is 1.81 bits per heavy atom. The van der Waals surface area contributed by atoms with Crippen LogP contribution in [-0.2, 0) is 10.0 Å². The van der Waals surface area contributed by atoms with Gasteiger partial charge in [0, 0.05) is 38.2 Å². The lowest BCUT2D eigenvalue weighted by atomic mass is 10.2. The molecule has 1 amide bonds. The number of hydrogen-bond donors (Lipinski definition) is 0. The normalized spacial score (nSPS) is 18.7. The number of aromatic nitrogens is 1. The van der Waals surface area contributed by atoms with Gasteiger partial charge in [0.15, 0.2) is 5.69 Å². The molecule has 1 aromatic heterocycles. The van der Waals surface area contributed by atoms with Crippen LogP contribution in [0.15, 0.2) is 33.7 Å². The van der Waals surface area contributed by atoms with Gasteiger partial charge in [-0.1, -0.05) is 17.3 Å². The molecule has 8 heteroatoms. The summed E-state index contributed by atoms with van der Waals surface area (Å²) in [5.41, 5.74) is 1.95. The molecule has 0 unspecified atom stereocenters. The van der Waals surface area contributed by atoms with Gasteiger partial charge in [0.25, 0.3) is 5.91 Å². The summed E-state index contributed by atoms with van der Waals surface area (Å²) >= 11 is 0. The minimum atomic E-state index is -3.57. The highest BCUT2D eigenvalue weighted by Crippen LogP contribution is 2.40. The summed E-state index contributed by atoms with van der Waals surface area (Å²) in [6.07, 6.45) is 2.16. The Bertz CT molecular complexity index is 971. The van der Waals surface area contributed by atoms with Crippen molar-refractivity contribution in [1.82, 2.24) is 14.4 Å². The molecule has 0 N–H and O–H groups in total. The molecular weight excluding hydrogens is 366 g/mol. The molecule has 144 valence electrons. The van der Waals surface area contributed by atoms with Gasteiger partial charge in [-0.25, -0.2) is 8.42 Å². The molecule has 0 radical (unpaired) electrons. The van der Waals surface area contributed by atoms with E-state index in [2.05, 4.69) is 5.16 Å². The van der Waals surface area contributed by atoms with Gasteiger partial charge in [-0.3, -0.25) is 4.79 Å². The Morgan fingerprint density at radius 1 is 1.11 bits per heavy atom. The van der Waals surface area contributed by atoms with E-state index in [4.69, 9.17) is 4.52 Å². The highest BCUT2D eigenvalue weighted by atomic mass is 32.2. The predicted octanol–water partition coefficient (Wildman–Crippen LogP) is 2.32. The highest BCUT2D eigenvalue weighted by Gasteiger charge is 2.33. The molecule has 1 aliphatic carbocycles. The molecule has 1 saturated heterocycles. The van der Waals surface area contributed by atoms with Crippen molar-refractivity contribution in [2.75, 3.05) is 26.2 Å². The Labute approximate surface area is 159 Å². The maximum atomic E-state index is 13.0. The van der Waals surface area contributed by atoms with Crippen molar-refractivity contribution in [2.24, 2.45) is 0 Å². The fourth-order valence-corrected chi connectivity index (χ4v) is 5.10. The number of aryl methyl sites for hydroxylation is 2. The summed E-state index contributed by atoms with van der Waals surface area (Å²) in [7, 11) is -3.57. The largest absolute Gasteiger partial charge is 0.360 e. The van der Waals surface area contributed by atoms with E-state index in [0.29, 0.717) is 29.6 Å². The third-order valence-corrected chi connectivity index (χ3v) is 7.26. The molecular formula is C19H23N3O4S. The number of hydrogen-bond acceptors (Lipinski definition) is 5. The minimum absolute atomic E-state index is 0.200. The number of amides is 1. The van der Waals surface area contributed by atoms with Crippen LogP contribution in [0.4, 0.5) is 0 Å². The summed E-state index contributed by atoms with van der Waals surface area (Å²) in [6, 6.07) is 7.15. The first kappa shape index (κ1) is 18.2. The second kappa shape index (κ2) is 6.76. The predicted molar refractivity (Wildman–Crippen MR) is 99.1 cm³/mol. The third-order valence-electron chi connectivity index (χ3n) is 5.21. The Morgan fingerprint density at radius 3 is 2.48 bits per heavy atom. The molecule has 0 spiro atoms. The molecule has 2 heterocycles. The molecule has 2 aromatic rings. The van der Waals surface area contributed by atoms with Crippen molar-refractivity contribution in [3.05, 3.63) is 46.8 Å². The zero-order valence-electron chi connectivity index (χ0n) is 15.5. The highest BCUT2D eigenvalue weighted by molar-refractivity contribution is 7.89. The van der Waals surface area contributed by atoms with Crippen LogP contribution < -0.4 is 0 Å². The number of carbonyl (C=O) groups excluding carboxylic acids is 1. The number of carbonyl (C=O) groups is 1. The molecule has 27 heavy (non-hydrogen) atoms. The van der Waals surface area contributed by atoms with E-state index >= 15 is 0 Å². The van der Waals surface area contributed by atoms with Gasteiger partial charge in [0.2, 0.25) is 10.0 Å². The first-order valence-corrected chi connectivity index (χ1v) is 10.6. The van der Waals surface area contributed by atoms with Crippen LogP contribution >= 0.6 is 0 Å². The number of sulfonamides is 1. The van der Waals surface area contributed by atoms with E-state index in [1.54, 1.807) is 24.0 Å². The van der Waals surface area contributed by atoms with E-state index in [1.165, 1.54) is 4.31 Å². The minimum Gasteiger partial charge on any atom is -0.360 e. The van der Waals surface area contributed by atoms with Crippen LogP contribution in [0.1, 0.15) is 46.1 Å². The van der Waals surface area contributed by atoms with Crippen molar-refractivity contribution in [1.29, 1.82) is 0 Å². The first-order valence-electron chi connectivity index (χ1n) is 9.19. The van der Waals surface area contributed by atoms with Crippen molar-refractivity contribution in [3.63, 3.8) is 0 Å². The monoisotopic (exact) mass is 389 g/mol. The van der Waals surface area contributed by atoms with Gasteiger partial charge < -0.3 is 9.42 Å². The van der Waals surface area contributed by atoms with Crippen LogP contribution in [0.5, 0.6) is 0 Å². The number of piperazine rings is 1. The molecule has 7 nitrogen and oxygen atoms in total. The quantitative estimate of drug-likeness (QED) is 0.801. The van der Waals surface area contributed by atoms with Gasteiger partial charge in [-0.2, -0.15) is 4.31 Å². The van der Waals surface area contributed by atoms with Crippen LogP contribution in [0.25, 0.3) is 0 Å². The summed E-state index contributed by atoms with van der Waals surface area (Å²) in [4.78, 5) is 14.6. The molecule has 0 atom stereocenters. The fraction of sp³-hybridized carbons (Fsp3) is 0.474. The number of benzene rings is 1. The van der Waals surface area contributed by atoms with Crippen LogP contribution in [-0.4, -0.2) is 54.9 Å². The van der Waals surface area contributed by atoms with Crippen molar-refractivity contribution < 1.29 is 17.7 Å². The molecule has 2 fully saturated rings. The zero-order chi connectivity index (χ0) is 19.2. The summed E-state index contributed by atoms with van der Waals surface area (Å²) in [6.45, 7) is 4.91. The van der Waals surface area contributed by atoms with Crippen LogP contribution in [0, 0.1) is 13.8 Å². The van der Waals surface area contributed by atoms with Crippen molar-refractivity contribution in [3.8, 4) is 0 Å². The molecule has 1 saturated carbocycles. The smallest absolute Gasteiger partial charge is 0.276 e. The molecule has 2 aliphatic rings. The Balaban J connectivity index is 1.44. The van der Waals surface area contributed by atoms with E-state index in [9.17, 15) is 13.2 Å². The maximum absolute atomic E-state index is 13.0.